The monoisotopic (exact) mass is 408 g/mol. The zero-order chi connectivity index (χ0) is 20.9. The van der Waals surface area contributed by atoms with Gasteiger partial charge in [0.25, 0.3) is 0 Å². The van der Waals surface area contributed by atoms with E-state index in [1.807, 2.05) is 36.5 Å². The molecule has 8 unspecified atom stereocenters. The Bertz CT molecular complexity index is 763. The molecule has 3 nitrogen and oxygen atoms in total. The summed E-state index contributed by atoms with van der Waals surface area (Å²) >= 11 is 0. The first-order chi connectivity index (χ1) is 14.5. The van der Waals surface area contributed by atoms with Crippen molar-refractivity contribution in [3.63, 3.8) is 0 Å². The van der Waals surface area contributed by atoms with Gasteiger partial charge in [0.05, 0.1) is 0 Å². The highest BCUT2D eigenvalue weighted by Gasteiger charge is 2.58. The highest BCUT2D eigenvalue weighted by molar-refractivity contribution is 5.80. The molecule has 0 saturated heterocycles. The van der Waals surface area contributed by atoms with E-state index in [4.69, 9.17) is 0 Å². The van der Waals surface area contributed by atoms with Crippen LogP contribution in [0, 0.1) is 46.8 Å². The average molecular weight is 409 g/mol. The van der Waals surface area contributed by atoms with Gasteiger partial charge in [0.1, 0.15) is 0 Å². The maximum absolute atomic E-state index is 13.5. The molecule has 0 spiro atoms. The van der Waals surface area contributed by atoms with Gasteiger partial charge >= 0.3 is 0 Å². The van der Waals surface area contributed by atoms with Crippen molar-refractivity contribution in [2.24, 2.45) is 46.8 Å². The molecule has 0 radical (unpaired) electrons. The van der Waals surface area contributed by atoms with Gasteiger partial charge in [0.15, 0.2) is 0 Å². The Morgan fingerprint density at radius 2 is 1.80 bits per heavy atom. The third kappa shape index (κ3) is 3.41. The first-order valence-corrected chi connectivity index (χ1v) is 12.6. The molecule has 5 rings (SSSR count). The fourth-order valence-corrected chi connectivity index (χ4v) is 8.60. The van der Waals surface area contributed by atoms with Crippen molar-refractivity contribution in [1.29, 1.82) is 0 Å². The number of hydrogen-bond acceptors (Lipinski definition) is 2. The summed E-state index contributed by atoms with van der Waals surface area (Å²) in [5.74, 6) is 6.17. The molecule has 0 N–H and O–H groups in total. The normalized spacial score (nSPS) is 42.7. The molecule has 8 atom stereocenters. The lowest BCUT2D eigenvalue weighted by molar-refractivity contribution is -0.142. The molecule has 1 heterocycles. The molecule has 4 fully saturated rings. The lowest BCUT2D eigenvalue weighted by atomic mass is 9.49. The number of rotatable bonds is 3. The van der Waals surface area contributed by atoms with Gasteiger partial charge in [-0.2, -0.15) is 0 Å². The van der Waals surface area contributed by atoms with Gasteiger partial charge in [0, 0.05) is 31.9 Å². The summed E-state index contributed by atoms with van der Waals surface area (Å²) < 4.78 is 0. The number of carbonyl (C=O) groups excluding carboxylic acids is 1. The standard InChI is InChI=1S/C27H40N2O/c1-18-4-6-21-20(16-18)5-7-23-22(21)10-13-27(2)24(23)8-9-25(27)26(30)29(3)17-19-11-14-28-15-12-19/h11-12,14-15,18,20-25H,4-10,13,16-17H2,1-3H3. The largest absolute Gasteiger partial charge is 0.341 e. The van der Waals surface area contributed by atoms with Crippen LogP contribution in [0.1, 0.15) is 77.2 Å². The van der Waals surface area contributed by atoms with E-state index < -0.39 is 0 Å². The molecule has 1 aromatic heterocycles. The van der Waals surface area contributed by atoms with E-state index in [9.17, 15) is 4.79 Å². The molecule has 164 valence electrons. The van der Waals surface area contributed by atoms with Crippen LogP contribution in [0.25, 0.3) is 0 Å². The smallest absolute Gasteiger partial charge is 0.226 e. The van der Waals surface area contributed by atoms with E-state index in [0.717, 1.165) is 41.9 Å². The SMILES string of the molecule is CC1CCC2C(CCC3C2CCC2(C)C(C(=O)N(C)Cc4ccncc4)CCC32)C1. The Balaban J connectivity index is 1.30. The topological polar surface area (TPSA) is 33.2 Å². The van der Waals surface area contributed by atoms with Crippen LogP contribution in [0.4, 0.5) is 0 Å². The van der Waals surface area contributed by atoms with Crippen molar-refractivity contribution in [3.8, 4) is 0 Å². The zero-order valence-electron chi connectivity index (χ0n) is 19.2. The second kappa shape index (κ2) is 7.95. The number of carbonyl (C=O) groups is 1. The van der Waals surface area contributed by atoms with E-state index in [0.29, 0.717) is 12.5 Å². The Hall–Kier alpha value is -1.38. The van der Waals surface area contributed by atoms with Crippen molar-refractivity contribution >= 4 is 5.91 Å². The Morgan fingerprint density at radius 1 is 1.03 bits per heavy atom. The van der Waals surface area contributed by atoms with Crippen LogP contribution < -0.4 is 0 Å². The molecule has 3 heteroatoms. The molecule has 0 aromatic carbocycles. The first-order valence-electron chi connectivity index (χ1n) is 12.6. The quantitative estimate of drug-likeness (QED) is 0.619. The van der Waals surface area contributed by atoms with Gasteiger partial charge < -0.3 is 4.90 Å². The second-order valence-corrected chi connectivity index (χ2v) is 11.6. The maximum Gasteiger partial charge on any atom is 0.226 e. The zero-order valence-corrected chi connectivity index (χ0v) is 19.2. The molecular formula is C27H40N2O. The predicted molar refractivity (Wildman–Crippen MR) is 120 cm³/mol. The third-order valence-electron chi connectivity index (χ3n) is 10.1. The number of fused-ring (bicyclic) bond motifs is 5. The van der Waals surface area contributed by atoms with Gasteiger partial charge in [-0.25, -0.2) is 0 Å². The number of nitrogens with zero attached hydrogens (tertiary/aromatic N) is 2. The van der Waals surface area contributed by atoms with Crippen LogP contribution in [-0.4, -0.2) is 22.8 Å². The number of amides is 1. The van der Waals surface area contributed by atoms with Gasteiger partial charge in [0.2, 0.25) is 5.91 Å². The van der Waals surface area contributed by atoms with Crippen molar-refractivity contribution in [3.05, 3.63) is 30.1 Å². The van der Waals surface area contributed by atoms with Crippen molar-refractivity contribution in [2.75, 3.05) is 7.05 Å². The molecular weight excluding hydrogens is 368 g/mol. The molecule has 4 aliphatic rings. The molecule has 4 aliphatic carbocycles. The molecule has 0 bridgehead atoms. The summed E-state index contributed by atoms with van der Waals surface area (Å²) in [4.78, 5) is 19.6. The highest BCUT2D eigenvalue weighted by Crippen LogP contribution is 2.64. The fourth-order valence-electron chi connectivity index (χ4n) is 8.60. The molecule has 4 saturated carbocycles. The summed E-state index contributed by atoms with van der Waals surface area (Å²) in [6.45, 7) is 5.65. The van der Waals surface area contributed by atoms with E-state index in [2.05, 4.69) is 18.8 Å². The first kappa shape index (κ1) is 20.5. The predicted octanol–water partition coefficient (Wildman–Crippen LogP) is 5.94. The second-order valence-electron chi connectivity index (χ2n) is 11.6. The maximum atomic E-state index is 13.5. The number of pyridine rings is 1. The minimum atomic E-state index is 0.222. The van der Waals surface area contributed by atoms with Crippen LogP contribution in [0.15, 0.2) is 24.5 Å². The summed E-state index contributed by atoms with van der Waals surface area (Å²) in [6, 6.07) is 4.05. The molecule has 30 heavy (non-hydrogen) atoms. The van der Waals surface area contributed by atoms with E-state index in [1.54, 1.807) is 0 Å². The van der Waals surface area contributed by atoms with Crippen LogP contribution in [-0.2, 0) is 11.3 Å². The lowest BCUT2D eigenvalue weighted by Crippen LogP contribution is -2.50. The van der Waals surface area contributed by atoms with E-state index in [-0.39, 0.29) is 11.3 Å². The fraction of sp³-hybridized carbons (Fsp3) is 0.778. The van der Waals surface area contributed by atoms with Gasteiger partial charge in [-0.1, -0.05) is 20.3 Å². The number of aromatic nitrogens is 1. The van der Waals surface area contributed by atoms with E-state index >= 15 is 0 Å². The van der Waals surface area contributed by atoms with Crippen molar-refractivity contribution < 1.29 is 4.79 Å². The third-order valence-corrected chi connectivity index (χ3v) is 10.1. The molecule has 1 amide bonds. The highest BCUT2D eigenvalue weighted by atomic mass is 16.2. The summed E-state index contributed by atoms with van der Waals surface area (Å²) in [6.07, 6.45) is 16.0. The van der Waals surface area contributed by atoms with Crippen LogP contribution >= 0.6 is 0 Å². The number of hydrogen-bond donors (Lipinski definition) is 0. The lowest BCUT2D eigenvalue weighted by Gasteiger charge is -2.56. The van der Waals surface area contributed by atoms with Gasteiger partial charge in [-0.05, 0) is 110 Å². The average Bonchev–Trinajstić information content (AvgIpc) is 3.10. The minimum Gasteiger partial charge on any atom is -0.341 e. The van der Waals surface area contributed by atoms with Crippen LogP contribution in [0.2, 0.25) is 0 Å². The Kier molecular flexibility index (Phi) is 5.44. The van der Waals surface area contributed by atoms with Crippen molar-refractivity contribution in [2.45, 2.75) is 78.2 Å². The summed E-state index contributed by atoms with van der Waals surface area (Å²) in [7, 11) is 2.00. The molecule has 1 aromatic rings. The van der Waals surface area contributed by atoms with Gasteiger partial charge in [-0.15, -0.1) is 0 Å². The van der Waals surface area contributed by atoms with Crippen LogP contribution in [0.5, 0.6) is 0 Å². The Morgan fingerprint density at radius 3 is 2.60 bits per heavy atom. The summed E-state index contributed by atoms with van der Waals surface area (Å²) in [5, 5.41) is 0. The van der Waals surface area contributed by atoms with Crippen molar-refractivity contribution in [1.82, 2.24) is 9.88 Å². The van der Waals surface area contributed by atoms with Gasteiger partial charge in [-0.3, -0.25) is 9.78 Å². The van der Waals surface area contributed by atoms with E-state index in [1.165, 1.54) is 56.9 Å². The van der Waals surface area contributed by atoms with Crippen LogP contribution in [0.3, 0.4) is 0 Å². The summed E-state index contributed by atoms with van der Waals surface area (Å²) in [5.41, 5.74) is 1.40. The Labute approximate surface area is 183 Å². The minimum absolute atomic E-state index is 0.222. The molecule has 0 aliphatic heterocycles.